The van der Waals surface area contributed by atoms with E-state index in [-0.39, 0.29) is 11.5 Å². The molecule has 0 aliphatic rings. The molecule has 0 aliphatic heterocycles. The summed E-state index contributed by atoms with van der Waals surface area (Å²) in [6.07, 6.45) is 5.81. The van der Waals surface area contributed by atoms with E-state index in [9.17, 15) is 0 Å². The van der Waals surface area contributed by atoms with Gasteiger partial charge in [0, 0.05) is 35.6 Å². The summed E-state index contributed by atoms with van der Waals surface area (Å²) in [7, 11) is 0. The predicted molar refractivity (Wildman–Crippen MR) is 64.3 cm³/mol. The summed E-state index contributed by atoms with van der Waals surface area (Å²) < 4.78 is 1.94. The maximum absolute atomic E-state index is 5.82. The second-order valence-corrected chi connectivity index (χ2v) is 5.26. The first-order valence-electron chi connectivity index (χ1n) is 5.48. The minimum Gasteiger partial charge on any atom is -0.324 e. The van der Waals surface area contributed by atoms with Crippen LogP contribution in [0.4, 0.5) is 0 Å². The third-order valence-electron chi connectivity index (χ3n) is 2.62. The minimum atomic E-state index is -0.00242. The van der Waals surface area contributed by atoms with Crippen LogP contribution in [0.25, 0.3) is 5.78 Å². The van der Waals surface area contributed by atoms with Gasteiger partial charge in [-0.3, -0.25) is 4.40 Å². The molecule has 2 N–H and O–H groups in total. The van der Waals surface area contributed by atoms with Gasteiger partial charge in [0.15, 0.2) is 0 Å². The topological polar surface area (TPSA) is 56.2 Å². The number of aromatic nitrogens is 3. The summed E-state index contributed by atoms with van der Waals surface area (Å²) in [5.74, 6) is 0.731. The lowest BCUT2D eigenvalue weighted by atomic mass is 9.93. The molecule has 4 heteroatoms. The van der Waals surface area contributed by atoms with Gasteiger partial charge in [0.1, 0.15) is 0 Å². The fourth-order valence-electron chi connectivity index (χ4n) is 1.50. The fraction of sp³-hybridized carbons (Fsp3) is 0.500. The number of imidazole rings is 1. The van der Waals surface area contributed by atoms with Crippen molar-refractivity contribution in [3.05, 3.63) is 29.8 Å². The van der Waals surface area contributed by atoms with Gasteiger partial charge in [0.05, 0.1) is 5.69 Å². The van der Waals surface area contributed by atoms with Gasteiger partial charge in [-0.1, -0.05) is 20.8 Å². The van der Waals surface area contributed by atoms with Crippen molar-refractivity contribution in [3.8, 4) is 0 Å². The summed E-state index contributed by atoms with van der Waals surface area (Å²) >= 11 is 0. The highest BCUT2D eigenvalue weighted by molar-refractivity contribution is 5.34. The first kappa shape index (κ1) is 11.1. The van der Waals surface area contributed by atoms with Crippen LogP contribution in [0.5, 0.6) is 0 Å². The zero-order valence-corrected chi connectivity index (χ0v) is 10.2. The number of hydrogen-bond donors (Lipinski definition) is 1. The molecule has 16 heavy (non-hydrogen) atoms. The third kappa shape index (κ3) is 1.93. The molecule has 2 aromatic heterocycles. The van der Waals surface area contributed by atoms with Gasteiger partial charge in [-0.15, -0.1) is 0 Å². The molecule has 1 atom stereocenters. The van der Waals surface area contributed by atoms with Crippen molar-refractivity contribution in [1.29, 1.82) is 0 Å². The lowest BCUT2D eigenvalue weighted by Gasteiger charge is -2.13. The largest absolute Gasteiger partial charge is 0.324 e. The summed E-state index contributed by atoms with van der Waals surface area (Å²) in [5, 5.41) is 0. The van der Waals surface area contributed by atoms with E-state index in [4.69, 9.17) is 5.73 Å². The van der Waals surface area contributed by atoms with Gasteiger partial charge in [0.25, 0.3) is 0 Å². The Morgan fingerprint density at radius 3 is 2.56 bits per heavy atom. The average Bonchev–Trinajstić information content (AvgIpc) is 2.58. The molecule has 0 saturated carbocycles. The number of hydrogen-bond acceptors (Lipinski definition) is 3. The minimum absolute atomic E-state index is 0.00242. The van der Waals surface area contributed by atoms with Gasteiger partial charge >= 0.3 is 0 Å². The Hall–Kier alpha value is -1.42. The van der Waals surface area contributed by atoms with Gasteiger partial charge in [-0.2, -0.15) is 0 Å². The molecule has 1 unspecified atom stereocenters. The standard InChI is InChI=1S/C12H18N4/c1-8(13)9-5-14-11-15-10(12(2,3)4)7-16(11)6-9/h5-8H,13H2,1-4H3. The van der Waals surface area contributed by atoms with E-state index in [0.29, 0.717) is 0 Å². The average molecular weight is 218 g/mol. The van der Waals surface area contributed by atoms with E-state index in [1.54, 1.807) is 6.20 Å². The highest BCUT2D eigenvalue weighted by Crippen LogP contribution is 2.21. The van der Waals surface area contributed by atoms with Crippen LogP contribution < -0.4 is 5.73 Å². The van der Waals surface area contributed by atoms with E-state index in [1.807, 2.05) is 23.7 Å². The molecule has 0 fully saturated rings. The van der Waals surface area contributed by atoms with E-state index >= 15 is 0 Å². The zero-order chi connectivity index (χ0) is 11.9. The molecule has 86 valence electrons. The third-order valence-corrected chi connectivity index (χ3v) is 2.62. The van der Waals surface area contributed by atoms with Gasteiger partial charge in [-0.05, 0) is 6.92 Å². The van der Waals surface area contributed by atoms with Crippen LogP contribution in [0.1, 0.15) is 45.0 Å². The fourth-order valence-corrected chi connectivity index (χ4v) is 1.50. The van der Waals surface area contributed by atoms with Crippen LogP contribution in [0, 0.1) is 0 Å². The zero-order valence-electron chi connectivity index (χ0n) is 10.2. The molecular formula is C12H18N4. The molecule has 2 rings (SSSR count). The van der Waals surface area contributed by atoms with Crippen molar-refractivity contribution in [2.24, 2.45) is 5.73 Å². The van der Waals surface area contributed by atoms with Crippen LogP contribution >= 0.6 is 0 Å². The summed E-state index contributed by atoms with van der Waals surface area (Å²) in [5.41, 5.74) is 7.93. The first-order chi connectivity index (χ1) is 7.38. The Kier molecular flexibility index (Phi) is 2.46. The van der Waals surface area contributed by atoms with Crippen molar-refractivity contribution < 1.29 is 0 Å². The molecule has 0 aliphatic carbocycles. The Morgan fingerprint density at radius 2 is 2.00 bits per heavy atom. The highest BCUT2D eigenvalue weighted by Gasteiger charge is 2.18. The normalized spacial score (nSPS) is 14.3. The van der Waals surface area contributed by atoms with Gasteiger partial charge in [-0.25, -0.2) is 9.97 Å². The molecule has 0 radical (unpaired) electrons. The second-order valence-electron chi connectivity index (χ2n) is 5.26. The van der Waals surface area contributed by atoms with E-state index in [2.05, 4.69) is 30.7 Å². The summed E-state index contributed by atoms with van der Waals surface area (Å²) in [6, 6.07) is -0.00242. The molecular weight excluding hydrogens is 200 g/mol. The second kappa shape index (κ2) is 3.56. The molecule has 0 bridgehead atoms. The quantitative estimate of drug-likeness (QED) is 0.797. The Morgan fingerprint density at radius 1 is 1.31 bits per heavy atom. The van der Waals surface area contributed by atoms with E-state index < -0.39 is 0 Å². The summed E-state index contributed by atoms with van der Waals surface area (Å²) in [6.45, 7) is 8.37. The molecule has 2 heterocycles. The number of fused-ring (bicyclic) bond motifs is 1. The SMILES string of the molecule is CC(N)c1cnc2nc(C(C)(C)C)cn2c1. The Bertz CT molecular complexity index is 505. The highest BCUT2D eigenvalue weighted by atomic mass is 15.1. The first-order valence-corrected chi connectivity index (χ1v) is 5.48. The Labute approximate surface area is 95.5 Å². The summed E-state index contributed by atoms with van der Waals surface area (Å²) in [4.78, 5) is 8.80. The smallest absolute Gasteiger partial charge is 0.233 e. The van der Waals surface area contributed by atoms with Crippen LogP contribution in [-0.2, 0) is 5.41 Å². The van der Waals surface area contributed by atoms with Gasteiger partial charge < -0.3 is 5.73 Å². The Balaban J connectivity index is 2.54. The van der Waals surface area contributed by atoms with Crippen molar-refractivity contribution >= 4 is 5.78 Å². The maximum atomic E-state index is 5.82. The molecule has 0 aromatic carbocycles. The van der Waals surface area contributed by atoms with Crippen molar-refractivity contribution in [3.63, 3.8) is 0 Å². The van der Waals surface area contributed by atoms with Crippen molar-refractivity contribution in [2.75, 3.05) is 0 Å². The van der Waals surface area contributed by atoms with Gasteiger partial charge in [0.2, 0.25) is 5.78 Å². The van der Waals surface area contributed by atoms with Crippen LogP contribution in [-0.4, -0.2) is 14.4 Å². The predicted octanol–water partition coefficient (Wildman–Crippen LogP) is 2.05. The van der Waals surface area contributed by atoms with Crippen molar-refractivity contribution in [1.82, 2.24) is 14.4 Å². The number of nitrogens with two attached hydrogens (primary N) is 1. The van der Waals surface area contributed by atoms with Crippen LogP contribution in [0.15, 0.2) is 18.6 Å². The maximum Gasteiger partial charge on any atom is 0.233 e. The van der Waals surface area contributed by atoms with Crippen LogP contribution in [0.3, 0.4) is 0 Å². The molecule has 2 aromatic rings. The molecule has 0 amide bonds. The van der Waals surface area contributed by atoms with Crippen LogP contribution in [0.2, 0.25) is 0 Å². The monoisotopic (exact) mass is 218 g/mol. The lowest BCUT2D eigenvalue weighted by Crippen LogP contribution is -2.11. The van der Waals surface area contributed by atoms with Crippen molar-refractivity contribution in [2.45, 2.75) is 39.2 Å². The molecule has 4 nitrogen and oxygen atoms in total. The number of rotatable bonds is 1. The molecule has 0 spiro atoms. The van der Waals surface area contributed by atoms with E-state index in [0.717, 1.165) is 17.0 Å². The number of nitrogens with zero attached hydrogens (tertiary/aromatic N) is 3. The van der Waals surface area contributed by atoms with E-state index in [1.165, 1.54) is 0 Å². The lowest BCUT2D eigenvalue weighted by molar-refractivity contribution is 0.573. The molecule has 0 saturated heterocycles.